The van der Waals surface area contributed by atoms with Gasteiger partial charge in [0.15, 0.2) is 0 Å². The molecular weight excluding hydrogens is 308 g/mol. The SMILES string of the molecule is CC[C@H](N)c1ccc(Sc2ncccc2Br)cc1. The Hall–Kier alpha value is -0.840. The number of pyridine rings is 1. The van der Waals surface area contributed by atoms with Crippen molar-refractivity contribution in [2.75, 3.05) is 0 Å². The van der Waals surface area contributed by atoms with E-state index in [0.717, 1.165) is 15.9 Å². The van der Waals surface area contributed by atoms with Gasteiger partial charge in [-0.1, -0.05) is 30.8 Å². The van der Waals surface area contributed by atoms with Gasteiger partial charge in [-0.05, 0) is 52.2 Å². The van der Waals surface area contributed by atoms with Gasteiger partial charge in [0, 0.05) is 17.1 Å². The van der Waals surface area contributed by atoms with Crippen molar-refractivity contribution in [3.63, 3.8) is 0 Å². The first-order valence-corrected chi connectivity index (χ1v) is 7.45. The summed E-state index contributed by atoms with van der Waals surface area (Å²) >= 11 is 5.14. The third kappa shape index (κ3) is 3.34. The van der Waals surface area contributed by atoms with Crippen molar-refractivity contribution in [2.24, 2.45) is 5.73 Å². The Morgan fingerprint density at radius 3 is 2.61 bits per heavy atom. The van der Waals surface area contributed by atoms with Crippen LogP contribution in [0.15, 0.2) is 57.0 Å². The Morgan fingerprint density at radius 1 is 1.28 bits per heavy atom. The van der Waals surface area contributed by atoms with E-state index in [4.69, 9.17) is 5.73 Å². The first-order valence-electron chi connectivity index (χ1n) is 5.84. The van der Waals surface area contributed by atoms with E-state index >= 15 is 0 Å². The van der Waals surface area contributed by atoms with Gasteiger partial charge in [0.25, 0.3) is 0 Å². The van der Waals surface area contributed by atoms with Gasteiger partial charge in [-0.25, -0.2) is 4.98 Å². The van der Waals surface area contributed by atoms with Gasteiger partial charge in [0.2, 0.25) is 0 Å². The van der Waals surface area contributed by atoms with E-state index in [1.165, 1.54) is 10.5 Å². The van der Waals surface area contributed by atoms with E-state index in [-0.39, 0.29) is 6.04 Å². The van der Waals surface area contributed by atoms with E-state index in [9.17, 15) is 0 Å². The Balaban J connectivity index is 2.14. The third-order valence-electron chi connectivity index (χ3n) is 2.69. The molecule has 0 saturated heterocycles. The summed E-state index contributed by atoms with van der Waals surface area (Å²) in [4.78, 5) is 5.51. The van der Waals surface area contributed by atoms with Crippen molar-refractivity contribution in [2.45, 2.75) is 29.3 Å². The molecule has 0 unspecified atom stereocenters. The zero-order chi connectivity index (χ0) is 13.0. The van der Waals surface area contributed by atoms with Gasteiger partial charge < -0.3 is 5.73 Å². The molecule has 1 atom stereocenters. The van der Waals surface area contributed by atoms with Crippen LogP contribution in [0.1, 0.15) is 24.9 Å². The molecule has 0 spiro atoms. The Labute approximate surface area is 120 Å². The van der Waals surface area contributed by atoms with Crippen molar-refractivity contribution in [3.8, 4) is 0 Å². The van der Waals surface area contributed by atoms with Crippen LogP contribution in [0.2, 0.25) is 0 Å². The molecule has 0 aliphatic rings. The number of aromatic nitrogens is 1. The van der Waals surface area contributed by atoms with E-state index in [1.807, 2.05) is 12.1 Å². The predicted octanol–water partition coefficient (Wildman–Crippen LogP) is 4.41. The summed E-state index contributed by atoms with van der Waals surface area (Å²) in [7, 11) is 0. The van der Waals surface area contributed by atoms with Crippen LogP contribution in [-0.4, -0.2) is 4.98 Å². The number of hydrogen-bond donors (Lipinski definition) is 1. The monoisotopic (exact) mass is 322 g/mol. The maximum atomic E-state index is 5.99. The maximum absolute atomic E-state index is 5.99. The minimum Gasteiger partial charge on any atom is -0.324 e. The second-order valence-corrected chi connectivity index (χ2v) is 5.89. The van der Waals surface area contributed by atoms with Crippen molar-refractivity contribution < 1.29 is 0 Å². The molecule has 0 fully saturated rings. The minimum absolute atomic E-state index is 0.130. The molecule has 0 amide bonds. The molecule has 2 rings (SSSR count). The van der Waals surface area contributed by atoms with E-state index in [2.05, 4.69) is 52.1 Å². The lowest BCUT2D eigenvalue weighted by Gasteiger charge is -2.09. The number of nitrogens with two attached hydrogens (primary N) is 1. The zero-order valence-corrected chi connectivity index (χ0v) is 12.5. The molecule has 2 N–H and O–H groups in total. The average molecular weight is 323 g/mol. The van der Waals surface area contributed by atoms with Crippen LogP contribution in [0.25, 0.3) is 0 Å². The quantitative estimate of drug-likeness (QED) is 0.906. The number of halogens is 1. The molecule has 94 valence electrons. The molecule has 0 aliphatic heterocycles. The highest BCUT2D eigenvalue weighted by molar-refractivity contribution is 9.10. The predicted molar refractivity (Wildman–Crippen MR) is 79.7 cm³/mol. The smallest absolute Gasteiger partial charge is 0.115 e. The molecule has 0 bridgehead atoms. The van der Waals surface area contributed by atoms with E-state index in [1.54, 1.807) is 18.0 Å². The van der Waals surface area contributed by atoms with Gasteiger partial charge in [-0.3, -0.25) is 0 Å². The highest BCUT2D eigenvalue weighted by Crippen LogP contribution is 2.31. The summed E-state index contributed by atoms with van der Waals surface area (Å²) in [5.41, 5.74) is 7.18. The van der Waals surface area contributed by atoms with Crippen molar-refractivity contribution >= 4 is 27.7 Å². The van der Waals surface area contributed by atoms with Crippen LogP contribution < -0.4 is 5.73 Å². The Kier molecular flexibility index (Phi) is 4.80. The lowest BCUT2D eigenvalue weighted by atomic mass is 10.1. The van der Waals surface area contributed by atoms with Crippen LogP contribution in [0, 0.1) is 0 Å². The fraction of sp³-hybridized carbons (Fsp3) is 0.214. The van der Waals surface area contributed by atoms with Gasteiger partial charge in [0.05, 0.1) is 4.47 Å². The first-order chi connectivity index (χ1) is 8.70. The van der Waals surface area contributed by atoms with Gasteiger partial charge >= 0.3 is 0 Å². The normalized spacial score (nSPS) is 12.4. The summed E-state index contributed by atoms with van der Waals surface area (Å²) in [6.07, 6.45) is 2.76. The molecule has 2 aromatic rings. The van der Waals surface area contributed by atoms with Crippen molar-refractivity contribution in [1.29, 1.82) is 0 Å². The van der Waals surface area contributed by atoms with Crippen molar-refractivity contribution in [3.05, 3.63) is 52.6 Å². The number of rotatable bonds is 4. The highest BCUT2D eigenvalue weighted by atomic mass is 79.9. The fourth-order valence-electron chi connectivity index (χ4n) is 1.58. The molecule has 2 nitrogen and oxygen atoms in total. The first kappa shape index (κ1) is 13.6. The molecule has 0 saturated carbocycles. The molecule has 0 aliphatic carbocycles. The summed E-state index contributed by atoms with van der Waals surface area (Å²) in [6.45, 7) is 2.10. The third-order valence-corrected chi connectivity index (χ3v) is 4.62. The average Bonchev–Trinajstić information content (AvgIpc) is 2.41. The van der Waals surface area contributed by atoms with Crippen LogP contribution in [-0.2, 0) is 0 Å². The topological polar surface area (TPSA) is 38.9 Å². The molecular formula is C14H15BrN2S. The lowest BCUT2D eigenvalue weighted by Crippen LogP contribution is -2.07. The summed E-state index contributed by atoms with van der Waals surface area (Å²) in [5, 5.41) is 0.977. The van der Waals surface area contributed by atoms with Crippen LogP contribution in [0.3, 0.4) is 0 Å². The van der Waals surface area contributed by atoms with Crippen LogP contribution in [0.4, 0.5) is 0 Å². The Bertz CT molecular complexity index is 513. The highest BCUT2D eigenvalue weighted by Gasteiger charge is 2.05. The van der Waals surface area contributed by atoms with E-state index in [0.29, 0.717) is 0 Å². The number of hydrogen-bond acceptors (Lipinski definition) is 3. The zero-order valence-electron chi connectivity index (χ0n) is 10.1. The summed E-state index contributed by atoms with van der Waals surface area (Å²) in [6, 6.07) is 12.4. The van der Waals surface area contributed by atoms with Gasteiger partial charge in [-0.15, -0.1) is 0 Å². The lowest BCUT2D eigenvalue weighted by molar-refractivity contribution is 0.698. The molecule has 4 heteroatoms. The maximum Gasteiger partial charge on any atom is 0.115 e. The van der Waals surface area contributed by atoms with Crippen molar-refractivity contribution in [1.82, 2.24) is 4.98 Å². The largest absolute Gasteiger partial charge is 0.324 e. The second kappa shape index (κ2) is 6.36. The van der Waals surface area contributed by atoms with Crippen LogP contribution >= 0.6 is 27.7 Å². The van der Waals surface area contributed by atoms with Crippen LogP contribution in [0.5, 0.6) is 0 Å². The molecule has 0 radical (unpaired) electrons. The second-order valence-electron chi connectivity index (χ2n) is 3.98. The van der Waals surface area contributed by atoms with E-state index < -0.39 is 0 Å². The standard InChI is InChI=1S/C14H15BrN2S/c1-2-13(16)10-5-7-11(8-6-10)18-14-12(15)4-3-9-17-14/h3-9,13H,2,16H2,1H3/t13-/m0/s1. The number of benzene rings is 1. The summed E-state index contributed by atoms with van der Waals surface area (Å²) in [5.74, 6) is 0. The number of nitrogens with zero attached hydrogens (tertiary/aromatic N) is 1. The summed E-state index contributed by atoms with van der Waals surface area (Å²) < 4.78 is 1.02. The molecule has 18 heavy (non-hydrogen) atoms. The molecule has 1 aromatic carbocycles. The molecule has 1 aromatic heterocycles. The van der Waals surface area contributed by atoms with Gasteiger partial charge in [0.1, 0.15) is 5.03 Å². The fourth-order valence-corrected chi connectivity index (χ4v) is 2.85. The minimum atomic E-state index is 0.130. The Morgan fingerprint density at radius 2 is 2.00 bits per heavy atom. The van der Waals surface area contributed by atoms with Gasteiger partial charge in [-0.2, -0.15) is 0 Å². The molecule has 1 heterocycles.